The normalized spacial score (nSPS) is 13.3. The summed E-state index contributed by atoms with van der Waals surface area (Å²) in [5.41, 5.74) is 4.44. The summed E-state index contributed by atoms with van der Waals surface area (Å²) in [6.45, 7) is 6.96. The Morgan fingerprint density at radius 2 is 2.00 bits per heavy atom. The standard InChI is InChI=1S/C24H25FN2O2S/c1-15-10-16(2)17(3)22(11-15)29-13-23-26-18(14-30-23)12-27(19-8-9-19)24(28)20-6-4-5-7-21(20)25/h4-7,10-11,14,19H,8-9,12-13H2,1-3H3. The van der Waals surface area contributed by atoms with E-state index in [1.807, 2.05) is 11.4 Å². The molecular formula is C24H25FN2O2S. The zero-order valence-electron chi connectivity index (χ0n) is 17.4. The molecule has 0 atom stereocenters. The molecule has 0 aliphatic heterocycles. The number of nitrogens with zero attached hydrogens (tertiary/aromatic N) is 2. The van der Waals surface area contributed by atoms with Gasteiger partial charge in [0.25, 0.3) is 5.91 Å². The highest BCUT2D eigenvalue weighted by atomic mass is 32.1. The average Bonchev–Trinajstić information content (AvgIpc) is 3.46. The van der Waals surface area contributed by atoms with Gasteiger partial charge in [-0.15, -0.1) is 11.3 Å². The first-order valence-electron chi connectivity index (χ1n) is 10.1. The molecule has 0 spiro atoms. The lowest BCUT2D eigenvalue weighted by Gasteiger charge is -2.21. The summed E-state index contributed by atoms with van der Waals surface area (Å²) in [5, 5.41) is 2.81. The van der Waals surface area contributed by atoms with E-state index in [-0.39, 0.29) is 17.5 Å². The lowest BCUT2D eigenvalue weighted by atomic mass is 10.1. The van der Waals surface area contributed by atoms with Crippen molar-refractivity contribution in [1.82, 2.24) is 9.88 Å². The van der Waals surface area contributed by atoms with E-state index in [0.717, 1.165) is 34.9 Å². The predicted molar refractivity (Wildman–Crippen MR) is 116 cm³/mol. The third kappa shape index (κ3) is 4.54. The quantitative estimate of drug-likeness (QED) is 0.496. The first-order chi connectivity index (χ1) is 14.4. The maximum atomic E-state index is 14.1. The van der Waals surface area contributed by atoms with Gasteiger partial charge >= 0.3 is 0 Å². The third-order valence-electron chi connectivity index (χ3n) is 5.40. The van der Waals surface area contributed by atoms with Crippen molar-refractivity contribution in [3.63, 3.8) is 0 Å². The highest BCUT2D eigenvalue weighted by Crippen LogP contribution is 2.31. The molecule has 0 saturated heterocycles. The Labute approximate surface area is 180 Å². The number of carbonyl (C=O) groups is 1. The Hall–Kier alpha value is -2.73. The zero-order chi connectivity index (χ0) is 21.3. The van der Waals surface area contributed by atoms with Crippen LogP contribution in [0.5, 0.6) is 5.75 Å². The summed E-state index contributed by atoms with van der Waals surface area (Å²) in [6, 6.07) is 10.5. The number of thiazole rings is 1. The van der Waals surface area contributed by atoms with E-state index in [0.29, 0.717) is 13.2 Å². The smallest absolute Gasteiger partial charge is 0.257 e. The van der Waals surface area contributed by atoms with E-state index in [2.05, 4.69) is 31.8 Å². The molecule has 30 heavy (non-hydrogen) atoms. The molecule has 0 N–H and O–H groups in total. The van der Waals surface area contributed by atoms with Crippen molar-refractivity contribution in [3.8, 4) is 5.75 Å². The second kappa shape index (κ2) is 8.56. The summed E-state index contributed by atoms with van der Waals surface area (Å²) in [7, 11) is 0. The molecule has 6 heteroatoms. The Morgan fingerprint density at radius 3 is 2.73 bits per heavy atom. The number of halogens is 1. The van der Waals surface area contributed by atoms with Crippen molar-refractivity contribution in [2.75, 3.05) is 0 Å². The molecule has 156 valence electrons. The Kier molecular flexibility index (Phi) is 5.86. The van der Waals surface area contributed by atoms with Crippen molar-refractivity contribution in [2.24, 2.45) is 0 Å². The zero-order valence-corrected chi connectivity index (χ0v) is 18.3. The molecular weight excluding hydrogens is 399 g/mol. The van der Waals surface area contributed by atoms with Crippen LogP contribution >= 0.6 is 11.3 Å². The van der Waals surface area contributed by atoms with Crippen molar-refractivity contribution >= 4 is 17.2 Å². The molecule has 1 amide bonds. The minimum Gasteiger partial charge on any atom is -0.486 e. The number of carbonyl (C=O) groups excluding carboxylic acids is 1. The molecule has 0 bridgehead atoms. The number of aromatic nitrogens is 1. The first kappa shape index (κ1) is 20.5. The van der Waals surface area contributed by atoms with E-state index in [4.69, 9.17) is 4.74 Å². The minimum atomic E-state index is -0.482. The van der Waals surface area contributed by atoms with E-state index in [9.17, 15) is 9.18 Å². The number of amides is 1. The number of aryl methyl sites for hydroxylation is 2. The van der Waals surface area contributed by atoms with Crippen molar-refractivity contribution in [3.05, 3.63) is 80.6 Å². The van der Waals surface area contributed by atoms with Gasteiger partial charge in [0.1, 0.15) is 23.2 Å². The van der Waals surface area contributed by atoms with Crippen LogP contribution in [0.4, 0.5) is 4.39 Å². The second-order valence-electron chi connectivity index (χ2n) is 7.87. The third-order valence-corrected chi connectivity index (χ3v) is 6.27. The molecule has 1 aliphatic rings. The molecule has 1 saturated carbocycles. The van der Waals surface area contributed by atoms with E-state index >= 15 is 0 Å². The van der Waals surface area contributed by atoms with Crippen LogP contribution in [0.3, 0.4) is 0 Å². The van der Waals surface area contributed by atoms with Crippen LogP contribution in [0.1, 0.15) is 50.6 Å². The Morgan fingerprint density at radius 1 is 1.23 bits per heavy atom. The van der Waals surface area contributed by atoms with Gasteiger partial charge in [0, 0.05) is 11.4 Å². The number of benzene rings is 2. The van der Waals surface area contributed by atoms with Crippen LogP contribution in [0.15, 0.2) is 41.8 Å². The lowest BCUT2D eigenvalue weighted by molar-refractivity contribution is 0.0723. The van der Waals surface area contributed by atoms with Gasteiger partial charge in [-0.3, -0.25) is 4.79 Å². The number of rotatable bonds is 7. The van der Waals surface area contributed by atoms with Gasteiger partial charge in [0.2, 0.25) is 0 Å². The molecule has 0 radical (unpaired) electrons. The van der Waals surface area contributed by atoms with Gasteiger partial charge < -0.3 is 9.64 Å². The van der Waals surface area contributed by atoms with Crippen molar-refractivity contribution < 1.29 is 13.9 Å². The van der Waals surface area contributed by atoms with Crippen molar-refractivity contribution in [2.45, 2.75) is 52.8 Å². The molecule has 1 aromatic heterocycles. The van der Waals surface area contributed by atoms with Gasteiger partial charge in [0.05, 0.1) is 17.8 Å². The lowest BCUT2D eigenvalue weighted by Crippen LogP contribution is -2.33. The van der Waals surface area contributed by atoms with E-state index in [1.54, 1.807) is 23.1 Å². The first-order valence-corrected chi connectivity index (χ1v) is 11.0. The van der Waals surface area contributed by atoms with Gasteiger partial charge in [0.15, 0.2) is 0 Å². The van der Waals surface area contributed by atoms with E-state index < -0.39 is 5.82 Å². The highest BCUT2D eigenvalue weighted by Gasteiger charge is 2.34. The number of hydrogen-bond donors (Lipinski definition) is 0. The molecule has 1 fully saturated rings. The fourth-order valence-corrected chi connectivity index (χ4v) is 4.19. The molecule has 2 aromatic carbocycles. The minimum absolute atomic E-state index is 0.119. The van der Waals surface area contributed by atoms with Gasteiger partial charge in [-0.1, -0.05) is 18.2 Å². The number of hydrogen-bond acceptors (Lipinski definition) is 4. The van der Waals surface area contributed by atoms with Gasteiger partial charge in [-0.2, -0.15) is 0 Å². The van der Waals surface area contributed by atoms with Crippen LogP contribution in [0.2, 0.25) is 0 Å². The van der Waals surface area contributed by atoms with Crippen LogP contribution < -0.4 is 4.74 Å². The van der Waals surface area contributed by atoms with Crippen LogP contribution in [0.25, 0.3) is 0 Å². The summed E-state index contributed by atoms with van der Waals surface area (Å²) < 4.78 is 20.1. The maximum Gasteiger partial charge on any atom is 0.257 e. The maximum absolute atomic E-state index is 14.1. The highest BCUT2D eigenvalue weighted by molar-refractivity contribution is 7.09. The van der Waals surface area contributed by atoms with Gasteiger partial charge in [-0.25, -0.2) is 9.37 Å². The molecule has 3 aromatic rings. The predicted octanol–water partition coefficient (Wildman–Crippen LogP) is 5.59. The monoisotopic (exact) mass is 424 g/mol. The second-order valence-corrected chi connectivity index (χ2v) is 8.81. The van der Waals surface area contributed by atoms with Crippen LogP contribution in [-0.2, 0) is 13.2 Å². The average molecular weight is 425 g/mol. The van der Waals surface area contributed by atoms with Crippen molar-refractivity contribution in [1.29, 1.82) is 0 Å². The Balaban J connectivity index is 1.44. The topological polar surface area (TPSA) is 42.4 Å². The largest absolute Gasteiger partial charge is 0.486 e. The summed E-state index contributed by atoms with van der Waals surface area (Å²) in [6.07, 6.45) is 1.90. The molecule has 4 rings (SSSR count). The molecule has 0 unspecified atom stereocenters. The molecule has 4 nitrogen and oxygen atoms in total. The Bertz CT molecular complexity index is 1070. The summed E-state index contributed by atoms with van der Waals surface area (Å²) >= 11 is 1.52. The van der Waals surface area contributed by atoms with Gasteiger partial charge in [-0.05, 0) is 68.5 Å². The fourth-order valence-electron chi connectivity index (χ4n) is 3.49. The van der Waals surface area contributed by atoms with Crippen LogP contribution in [0, 0.1) is 26.6 Å². The summed E-state index contributed by atoms with van der Waals surface area (Å²) in [5.74, 6) is 0.121. The fraction of sp³-hybridized carbons (Fsp3) is 0.333. The summed E-state index contributed by atoms with van der Waals surface area (Å²) in [4.78, 5) is 19.3. The molecule has 1 heterocycles. The van der Waals surface area contributed by atoms with Crippen LogP contribution in [-0.4, -0.2) is 21.8 Å². The molecule has 1 aliphatic carbocycles. The number of ether oxygens (including phenoxy) is 1. The SMILES string of the molecule is Cc1cc(C)c(C)c(OCc2nc(CN(C(=O)c3ccccc3F)C3CC3)cs2)c1. The van der Waals surface area contributed by atoms with E-state index in [1.165, 1.54) is 28.5 Å².